The maximum absolute atomic E-state index is 8.80. The summed E-state index contributed by atoms with van der Waals surface area (Å²) < 4.78 is 0. The fourth-order valence-electron chi connectivity index (χ4n) is 1.16. The lowest BCUT2D eigenvalue weighted by atomic mass is 10.1. The first-order valence-electron chi connectivity index (χ1n) is 5.95. The van der Waals surface area contributed by atoms with Gasteiger partial charge >= 0.3 is 0 Å². The van der Waals surface area contributed by atoms with Crippen molar-refractivity contribution in [1.29, 1.82) is 5.26 Å². The monoisotopic (exact) mass is 246 g/mol. The summed E-state index contributed by atoms with van der Waals surface area (Å²) in [6.45, 7) is 8.13. The normalized spacial score (nSPS) is 11.7. The zero-order valence-electron chi connectivity index (χ0n) is 11.2. The zero-order valence-corrected chi connectivity index (χ0v) is 11.2. The van der Waals surface area contributed by atoms with Crippen LogP contribution in [-0.2, 0) is 11.4 Å². The standard InChI is InChI=1S/C13H18N4O/c1-9(2)12(5-14)17-18-8-11-6-16-13(7-15-11)10(3)4/h6-7,9-10H,8H2,1-4H3/b17-12-. The van der Waals surface area contributed by atoms with E-state index in [9.17, 15) is 0 Å². The molecule has 96 valence electrons. The van der Waals surface area contributed by atoms with Crippen molar-refractivity contribution in [3.63, 3.8) is 0 Å². The van der Waals surface area contributed by atoms with Crippen molar-refractivity contribution in [2.45, 2.75) is 40.2 Å². The number of nitriles is 1. The molecule has 0 bridgehead atoms. The third kappa shape index (κ3) is 4.13. The maximum atomic E-state index is 8.80. The fourth-order valence-corrected chi connectivity index (χ4v) is 1.16. The Bertz CT molecular complexity index is 443. The Morgan fingerprint density at radius 3 is 2.50 bits per heavy atom. The third-order valence-corrected chi connectivity index (χ3v) is 2.35. The van der Waals surface area contributed by atoms with Gasteiger partial charge in [-0.05, 0) is 5.92 Å². The average molecular weight is 246 g/mol. The third-order valence-electron chi connectivity index (χ3n) is 2.35. The molecule has 5 nitrogen and oxygen atoms in total. The van der Waals surface area contributed by atoms with Crippen LogP contribution in [0.25, 0.3) is 0 Å². The van der Waals surface area contributed by atoms with Gasteiger partial charge in [0, 0.05) is 12.1 Å². The molecule has 0 amide bonds. The van der Waals surface area contributed by atoms with E-state index < -0.39 is 0 Å². The molecule has 0 aromatic carbocycles. The predicted molar refractivity (Wildman–Crippen MR) is 68.8 cm³/mol. The van der Waals surface area contributed by atoms with Crippen molar-refractivity contribution in [3.8, 4) is 6.07 Å². The van der Waals surface area contributed by atoms with Crippen molar-refractivity contribution in [2.75, 3.05) is 0 Å². The molecule has 0 saturated carbocycles. The minimum absolute atomic E-state index is 0.0596. The Morgan fingerprint density at radius 1 is 1.33 bits per heavy atom. The first-order chi connectivity index (χ1) is 8.54. The van der Waals surface area contributed by atoms with Crippen LogP contribution < -0.4 is 0 Å². The molecule has 0 unspecified atom stereocenters. The van der Waals surface area contributed by atoms with E-state index in [1.165, 1.54) is 0 Å². The Kier molecular flexibility index (Phi) is 5.25. The highest BCUT2D eigenvalue weighted by Gasteiger charge is 2.05. The summed E-state index contributed by atoms with van der Waals surface area (Å²) in [7, 11) is 0. The lowest BCUT2D eigenvalue weighted by molar-refractivity contribution is 0.126. The van der Waals surface area contributed by atoms with Crippen molar-refractivity contribution < 1.29 is 4.84 Å². The van der Waals surface area contributed by atoms with E-state index in [1.807, 2.05) is 19.9 Å². The lowest BCUT2D eigenvalue weighted by Gasteiger charge is -2.05. The van der Waals surface area contributed by atoms with Crippen LogP contribution in [0.5, 0.6) is 0 Å². The van der Waals surface area contributed by atoms with Gasteiger partial charge in [-0.15, -0.1) is 0 Å². The van der Waals surface area contributed by atoms with Gasteiger partial charge in [0.15, 0.2) is 12.3 Å². The van der Waals surface area contributed by atoms with E-state index >= 15 is 0 Å². The van der Waals surface area contributed by atoms with E-state index in [2.05, 4.69) is 29.0 Å². The summed E-state index contributed by atoms with van der Waals surface area (Å²) in [4.78, 5) is 13.6. The van der Waals surface area contributed by atoms with Crippen LogP contribution in [0.4, 0.5) is 0 Å². The molecule has 1 aromatic rings. The summed E-state index contributed by atoms with van der Waals surface area (Å²) in [5.41, 5.74) is 2.02. The minimum Gasteiger partial charge on any atom is -0.388 e. The molecule has 0 aliphatic heterocycles. The van der Waals surface area contributed by atoms with Gasteiger partial charge in [0.05, 0.1) is 17.6 Å². The zero-order chi connectivity index (χ0) is 13.5. The van der Waals surface area contributed by atoms with Crippen LogP contribution in [0, 0.1) is 17.2 Å². The number of rotatable bonds is 5. The first kappa shape index (κ1) is 14.1. The highest BCUT2D eigenvalue weighted by atomic mass is 16.6. The molecule has 1 rings (SSSR count). The lowest BCUT2D eigenvalue weighted by Crippen LogP contribution is -2.05. The van der Waals surface area contributed by atoms with Gasteiger partial charge in [-0.3, -0.25) is 9.97 Å². The van der Waals surface area contributed by atoms with Gasteiger partial charge in [-0.2, -0.15) is 5.26 Å². The van der Waals surface area contributed by atoms with E-state index in [0.29, 0.717) is 17.3 Å². The highest BCUT2D eigenvalue weighted by molar-refractivity contribution is 5.99. The van der Waals surface area contributed by atoms with Gasteiger partial charge in [-0.25, -0.2) is 0 Å². The number of aromatic nitrogens is 2. The van der Waals surface area contributed by atoms with Crippen molar-refractivity contribution in [3.05, 3.63) is 23.8 Å². The van der Waals surface area contributed by atoms with E-state index in [1.54, 1.807) is 12.4 Å². The van der Waals surface area contributed by atoms with Crippen molar-refractivity contribution >= 4 is 5.71 Å². The molecule has 18 heavy (non-hydrogen) atoms. The minimum atomic E-state index is 0.0596. The second-order valence-corrected chi connectivity index (χ2v) is 4.60. The molecule has 0 aliphatic carbocycles. The summed E-state index contributed by atoms with van der Waals surface area (Å²) in [6.07, 6.45) is 3.41. The summed E-state index contributed by atoms with van der Waals surface area (Å²) in [5, 5.41) is 12.6. The molecular formula is C13H18N4O. The number of oxime groups is 1. The molecule has 0 fully saturated rings. The molecule has 0 saturated heterocycles. The van der Waals surface area contributed by atoms with Crippen LogP contribution >= 0.6 is 0 Å². The molecule has 1 aromatic heterocycles. The second-order valence-electron chi connectivity index (χ2n) is 4.60. The maximum Gasteiger partial charge on any atom is 0.160 e. The highest BCUT2D eigenvalue weighted by Crippen LogP contribution is 2.09. The van der Waals surface area contributed by atoms with Crippen molar-refractivity contribution in [1.82, 2.24) is 9.97 Å². The summed E-state index contributed by atoms with van der Waals surface area (Å²) in [6, 6.07) is 2.00. The van der Waals surface area contributed by atoms with E-state index in [-0.39, 0.29) is 12.5 Å². The van der Waals surface area contributed by atoms with Crippen LogP contribution in [0.15, 0.2) is 17.5 Å². The molecule has 1 heterocycles. The number of hydrogen-bond donors (Lipinski definition) is 0. The largest absolute Gasteiger partial charge is 0.388 e. The number of hydrogen-bond acceptors (Lipinski definition) is 5. The molecule has 0 aliphatic rings. The van der Waals surface area contributed by atoms with Gasteiger partial charge in [0.25, 0.3) is 0 Å². The quantitative estimate of drug-likeness (QED) is 0.591. The Hall–Kier alpha value is -1.96. The summed E-state index contributed by atoms with van der Waals surface area (Å²) in [5.74, 6) is 0.418. The van der Waals surface area contributed by atoms with Gasteiger partial charge in [0.1, 0.15) is 6.07 Å². The van der Waals surface area contributed by atoms with Gasteiger partial charge in [0.2, 0.25) is 0 Å². The molecule has 0 N–H and O–H groups in total. The van der Waals surface area contributed by atoms with Gasteiger partial charge < -0.3 is 4.84 Å². The van der Waals surface area contributed by atoms with Crippen LogP contribution in [0.2, 0.25) is 0 Å². The van der Waals surface area contributed by atoms with Crippen LogP contribution in [0.1, 0.15) is 45.0 Å². The SMILES string of the molecule is CC(C)/C(C#N)=N\OCc1cnc(C(C)C)cn1. The molecule has 0 radical (unpaired) electrons. The predicted octanol–water partition coefficient (Wildman–Crippen LogP) is 2.65. The molecule has 0 atom stereocenters. The van der Waals surface area contributed by atoms with Crippen LogP contribution in [-0.4, -0.2) is 15.7 Å². The first-order valence-corrected chi connectivity index (χ1v) is 5.95. The fraction of sp³-hybridized carbons (Fsp3) is 0.538. The Labute approximate surface area is 108 Å². The second kappa shape index (κ2) is 6.70. The average Bonchev–Trinajstić information content (AvgIpc) is 2.34. The van der Waals surface area contributed by atoms with Gasteiger partial charge in [-0.1, -0.05) is 32.9 Å². The molecule has 5 heteroatoms. The molecular weight excluding hydrogens is 228 g/mol. The summed E-state index contributed by atoms with van der Waals surface area (Å²) >= 11 is 0. The Morgan fingerprint density at radius 2 is 2.06 bits per heavy atom. The Balaban J connectivity index is 2.57. The van der Waals surface area contributed by atoms with Crippen molar-refractivity contribution in [2.24, 2.45) is 11.1 Å². The van der Waals surface area contributed by atoms with Crippen LogP contribution in [0.3, 0.4) is 0 Å². The van der Waals surface area contributed by atoms with E-state index in [0.717, 1.165) is 5.69 Å². The molecule has 0 spiro atoms. The number of nitrogens with zero attached hydrogens (tertiary/aromatic N) is 4. The smallest absolute Gasteiger partial charge is 0.160 e. The van der Waals surface area contributed by atoms with E-state index in [4.69, 9.17) is 10.1 Å². The topological polar surface area (TPSA) is 71.2 Å².